The molecule has 0 fully saturated rings. The molecule has 3 nitrogen and oxygen atoms in total. The Morgan fingerprint density at radius 2 is 1.55 bits per heavy atom. The van der Waals surface area contributed by atoms with Crippen molar-refractivity contribution in [2.75, 3.05) is 19.6 Å². The van der Waals surface area contributed by atoms with Crippen molar-refractivity contribution in [3.05, 3.63) is 34.9 Å². The second kappa shape index (κ2) is 14.0. The van der Waals surface area contributed by atoms with Crippen LogP contribution in [0.2, 0.25) is 0 Å². The number of ether oxygens (including phenoxy) is 1. The van der Waals surface area contributed by atoms with E-state index >= 15 is 0 Å². The number of hydrogen-bond donors (Lipinski definition) is 0. The van der Waals surface area contributed by atoms with Gasteiger partial charge in [-0.05, 0) is 60.3 Å². The average Bonchev–Trinajstić information content (AvgIpc) is 2.43. The molecule has 0 saturated heterocycles. The van der Waals surface area contributed by atoms with E-state index in [0.717, 1.165) is 25.7 Å². The van der Waals surface area contributed by atoms with Gasteiger partial charge in [-0.3, -0.25) is 4.57 Å². The lowest BCUT2D eigenvalue weighted by molar-refractivity contribution is 0.195. The fraction of sp³-hybridized carbons (Fsp3) is 0.667. The lowest BCUT2D eigenvalue weighted by atomic mass is 10.1. The molecule has 128 valence electrons. The average molecular weight is 328 g/mol. The van der Waals surface area contributed by atoms with Crippen molar-refractivity contribution in [1.29, 1.82) is 0 Å². The zero-order valence-corrected chi connectivity index (χ0v) is 15.9. The van der Waals surface area contributed by atoms with E-state index in [0.29, 0.717) is 13.2 Å². The van der Waals surface area contributed by atoms with Gasteiger partial charge < -0.3 is 9.26 Å². The van der Waals surface area contributed by atoms with Gasteiger partial charge in [0, 0.05) is 0 Å². The highest BCUT2D eigenvalue weighted by molar-refractivity contribution is 7.38. The van der Waals surface area contributed by atoms with Crippen LogP contribution in [0.1, 0.15) is 60.3 Å². The summed E-state index contributed by atoms with van der Waals surface area (Å²) < 4.78 is 21.6. The summed E-state index contributed by atoms with van der Waals surface area (Å²) >= 11 is 0. The monoisotopic (exact) mass is 328 g/mol. The summed E-state index contributed by atoms with van der Waals surface area (Å²) in [6.45, 7) is 11.4. The first-order valence-electron chi connectivity index (χ1n) is 8.13. The largest absolute Gasteiger partial charge is 0.368 e. The molecule has 0 spiro atoms. The van der Waals surface area contributed by atoms with Crippen LogP contribution in [0, 0.1) is 0 Å². The quantitative estimate of drug-likeness (QED) is 0.254. The van der Waals surface area contributed by atoms with Crippen LogP contribution < -0.4 is 0 Å². The fourth-order valence-corrected chi connectivity index (χ4v) is 2.57. The fourth-order valence-electron chi connectivity index (χ4n) is 1.88. The predicted molar refractivity (Wildman–Crippen MR) is 96.9 cm³/mol. The van der Waals surface area contributed by atoms with E-state index in [1.807, 2.05) is 6.92 Å². The minimum absolute atomic E-state index is 0.214. The lowest BCUT2D eigenvalue weighted by Gasteiger charge is -2.03. The molecule has 0 heterocycles. The molecule has 0 rings (SSSR count). The SMILES string of the molecule is CCO[PH](=O)COC/C=C(\C)CC/C=C(\C)CCC=C(C)C. The van der Waals surface area contributed by atoms with Crippen molar-refractivity contribution in [3.8, 4) is 0 Å². The Bertz CT molecular complexity index is 405. The molecule has 0 aliphatic carbocycles. The lowest BCUT2D eigenvalue weighted by Crippen LogP contribution is -1.93. The van der Waals surface area contributed by atoms with E-state index in [-0.39, 0.29) is 6.35 Å². The van der Waals surface area contributed by atoms with Gasteiger partial charge in [-0.15, -0.1) is 0 Å². The van der Waals surface area contributed by atoms with Crippen molar-refractivity contribution in [2.24, 2.45) is 0 Å². The standard InChI is InChI=1S/C18H33O3P/c1-6-21-22(19)15-20-14-13-18(5)12-8-11-17(4)10-7-9-16(2)3/h9,11,13,22H,6-8,10,12,14-15H2,1-5H3/b17-11+,18-13+. The van der Waals surface area contributed by atoms with Gasteiger partial charge in [0.15, 0.2) is 0 Å². The first-order valence-corrected chi connectivity index (χ1v) is 9.66. The van der Waals surface area contributed by atoms with Crippen molar-refractivity contribution in [2.45, 2.75) is 60.3 Å². The minimum Gasteiger partial charge on any atom is -0.368 e. The molecule has 0 saturated carbocycles. The van der Waals surface area contributed by atoms with E-state index in [9.17, 15) is 4.57 Å². The third-order valence-electron chi connectivity index (χ3n) is 3.20. The van der Waals surface area contributed by atoms with Crippen LogP contribution >= 0.6 is 8.03 Å². The van der Waals surface area contributed by atoms with E-state index in [2.05, 4.69) is 45.9 Å². The Labute approximate surface area is 137 Å². The van der Waals surface area contributed by atoms with Crippen LogP contribution in [0.25, 0.3) is 0 Å². The van der Waals surface area contributed by atoms with Crippen LogP contribution in [-0.2, 0) is 13.8 Å². The molecular formula is C18H33O3P. The van der Waals surface area contributed by atoms with Crippen LogP contribution in [-0.4, -0.2) is 19.6 Å². The molecule has 0 aromatic heterocycles. The van der Waals surface area contributed by atoms with E-state index in [1.54, 1.807) is 0 Å². The molecule has 0 aliphatic heterocycles. The summed E-state index contributed by atoms with van der Waals surface area (Å²) in [6.07, 6.45) is 11.3. The number of rotatable bonds is 12. The van der Waals surface area contributed by atoms with Crippen LogP contribution in [0.15, 0.2) is 34.9 Å². The molecule has 1 atom stereocenters. The molecule has 22 heavy (non-hydrogen) atoms. The minimum atomic E-state index is -2.00. The van der Waals surface area contributed by atoms with Gasteiger partial charge in [0.1, 0.15) is 6.35 Å². The summed E-state index contributed by atoms with van der Waals surface area (Å²) in [5.74, 6) is 0. The Morgan fingerprint density at radius 3 is 2.14 bits per heavy atom. The Balaban J connectivity index is 3.82. The molecule has 4 heteroatoms. The van der Waals surface area contributed by atoms with Gasteiger partial charge in [-0.1, -0.05) is 34.9 Å². The Kier molecular flexibility index (Phi) is 13.6. The third kappa shape index (κ3) is 14.3. The second-order valence-corrected chi connectivity index (χ2v) is 7.10. The number of hydrogen-bond acceptors (Lipinski definition) is 3. The van der Waals surface area contributed by atoms with Crippen LogP contribution in [0.5, 0.6) is 0 Å². The van der Waals surface area contributed by atoms with Crippen molar-refractivity contribution < 1.29 is 13.8 Å². The zero-order chi connectivity index (χ0) is 16.8. The molecule has 1 unspecified atom stereocenters. The molecule has 0 aromatic carbocycles. The first-order chi connectivity index (χ1) is 10.5. The molecular weight excluding hydrogens is 295 g/mol. The topological polar surface area (TPSA) is 35.5 Å². The van der Waals surface area contributed by atoms with Crippen molar-refractivity contribution in [1.82, 2.24) is 0 Å². The second-order valence-electron chi connectivity index (χ2n) is 5.78. The molecule has 0 aromatic rings. The van der Waals surface area contributed by atoms with Crippen LogP contribution in [0.3, 0.4) is 0 Å². The van der Waals surface area contributed by atoms with Crippen molar-refractivity contribution >= 4 is 8.03 Å². The van der Waals surface area contributed by atoms with Gasteiger partial charge in [0.2, 0.25) is 8.03 Å². The normalized spacial score (nSPS) is 14.0. The summed E-state index contributed by atoms with van der Waals surface area (Å²) in [4.78, 5) is 0. The Morgan fingerprint density at radius 1 is 0.955 bits per heavy atom. The van der Waals surface area contributed by atoms with Gasteiger partial charge in [0.25, 0.3) is 0 Å². The van der Waals surface area contributed by atoms with Gasteiger partial charge in [0.05, 0.1) is 13.2 Å². The molecule has 0 bridgehead atoms. The summed E-state index contributed by atoms with van der Waals surface area (Å²) in [7, 11) is -2.00. The van der Waals surface area contributed by atoms with Gasteiger partial charge in [-0.25, -0.2) is 0 Å². The van der Waals surface area contributed by atoms with Crippen LogP contribution in [0.4, 0.5) is 0 Å². The summed E-state index contributed by atoms with van der Waals surface area (Å²) in [6, 6.07) is 0. The predicted octanol–water partition coefficient (Wildman–Crippen LogP) is 5.89. The first kappa shape index (κ1) is 21.4. The molecule has 0 N–H and O–H groups in total. The Hall–Kier alpha value is -0.630. The highest BCUT2D eigenvalue weighted by Gasteiger charge is 1.97. The molecule has 0 aliphatic rings. The molecule has 0 radical (unpaired) electrons. The highest BCUT2D eigenvalue weighted by Crippen LogP contribution is 2.21. The number of allylic oxidation sites excluding steroid dienone is 5. The van der Waals surface area contributed by atoms with Crippen molar-refractivity contribution in [3.63, 3.8) is 0 Å². The maximum absolute atomic E-state index is 11.3. The molecule has 0 amide bonds. The zero-order valence-electron chi connectivity index (χ0n) is 14.9. The third-order valence-corrected chi connectivity index (χ3v) is 4.25. The van der Waals surface area contributed by atoms with Gasteiger partial charge >= 0.3 is 0 Å². The maximum atomic E-state index is 11.3. The van der Waals surface area contributed by atoms with E-state index < -0.39 is 8.03 Å². The van der Waals surface area contributed by atoms with E-state index in [4.69, 9.17) is 9.26 Å². The maximum Gasteiger partial charge on any atom is 0.216 e. The summed E-state index contributed by atoms with van der Waals surface area (Å²) in [5, 5.41) is 0. The smallest absolute Gasteiger partial charge is 0.216 e. The highest BCUT2D eigenvalue weighted by atomic mass is 31.1. The summed E-state index contributed by atoms with van der Waals surface area (Å²) in [5.41, 5.74) is 4.15. The van der Waals surface area contributed by atoms with E-state index in [1.165, 1.54) is 16.7 Å². The van der Waals surface area contributed by atoms with Gasteiger partial charge in [-0.2, -0.15) is 0 Å².